The number of carboxylic acid groups (broad SMARTS) is 2. The van der Waals surface area contributed by atoms with E-state index < -0.39 is 11.9 Å². The monoisotopic (exact) mass is 346 g/mol. The fourth-order valence-electron chi connectivity index (χ4n) is 0.539. The minimum Gasteiger partial charge on any atom is -0.550 e. The van der Waals surface area contributed by atoms with Gasteiger partial charge in [-0.2, -0.15) is 0 Å². The minimum atomic E-state index is -1.14. The first-order valence-electron chi connectivity index (χ1n) is 3.02. The molecule has 0 spiro atoms. The summed E-state index contributed by atoms with van der Waals surface area (Å²) in [7, 11) is 0. The summed E-state index contributed by atoms with van der Waals surface area (Å²) in [5.74, 6) is -2.28. The van der Waals surface area contributed by atoms with Crippen LogP contribution in [-0.4, -0.2) is 11.9 Å². The van der Waals surface area contributed by atoms with Gasteiger partial charge < -0.3 is 19.8 Å². The summed E-state index contributed by atoms with van der Waals surface area (Å²) in [6, 6.07) is 0. The minimum absolute atomic E-state index is 0. The van der Waals surface area contributed by atoms with Crippen molar-refractivity contribution in [2.75, 3.05) is 0 Å². The zero-order valence-electron chi connectivity index (χ0n) is 6.17. The van der Waals surface area contributed by atoms with Crippen LogP contribution in [0.5, 0.6) is 0 Å². The molecule has 0 saturated carbocycles. The Labute approximate surface area is 85.1 Å². The van der Waals surface area contributed by atoms with Crippen molar-refractivity contribution in [2.24, 2.45) is 0 Å². The first-order valence-corrected chi connectivity index (χ1v) is 3.02. The third-order valence-electron chi connectivity index (χ3n) is 1.01. The van der Waals surface area contributed by atoms with E-state index in [2.05, 4.69) is 0 Å². The number of aliphatic carboxylic acids is 2. The molecule has 0 atom stereocenters. The van der Waals surface area contributed by atoms with Gasteiger partial charge in [-0.25, -0.2) is 0 Å². The molecule has 5 heteroatoms. The van der Waals surface area contributed by atoms with Gasteiger partial charge in [0.2, 0.25) is 0 Å². The zero-order chi connectivity index (χ0) is 7.98. The molecule has 0 rings (SSSR count). The summed E-state index contributed by atoms with van der Waals surface area (Å²) in [5, 5.41) is 19.5. The second kappa shape index (κ2) is 7.98. The Bertz CT molecular complexity index is 119. The van der Waals surface area contributed by atoms with Gasteiger partial charge in [0.05, 0.1) is 0 Å². The van der Waals surface area contributed by atoms with Gasteiger partial charge in [0.1, 0.15) is 0 Å². The number of carbonyl (C=O) groups excluding carboxylic acids is 2. The maximum absolute atomic E-state index is 9.77. The van der Waals surface area contributed by atoms with Crippen molar-refractivity contribution in [1.29, 1.82) is 0 Å². The van der Waals surface area contributed by atoms with Crippen LogP contribution in [0.4, 0.5) is 0 Å². The van der Waals surface area contributed by atoms with Crippen LogP contribution in [0.1, 0.15) is 25.7 Å². The average molecular weight is 345 g/mol. The van der Waals surface area contributed by atoms with E-state index in [0.29, 0.717) is 12.8 Å². The van der Waals surface area contributed by atoms with Crippen molar-refractivity contribution in [2.45, 2.75) is 25.7 Å². The molecule has 11 heavy (non-hydrogen) atoms. The maximum atomic E-state index is 9.77. The topological polar surface area (TPSA) is 80.3 Å². The molecule has 0 bridgehead atoms. The van der Waals surface area contributed by atoms with Gasteiger partial charge in [-0.15, -0.1) is 0 Å². The van der Waals surface area contributed by atoms with Crippen LogP contribution >= 0.6 is 0 Å². The van der Waals surface area contributed by atoms with Crippen LogP contribution in [0.15, 0.2) is 0 Å². The first-order chi connectivity index (χ1) is 4.63. The molecule has 0 unspecified atom stereocenters. The van der Waals surface area contributed by atoms with E-state index in [-0.39, 0.29) is 40.5 Å². The molecule has 0 aliphatic heterocycles. The second-order valence-electron chi connectivity index (χ2n) is 1.95. The summed E-state index contributed by atoms with van der Waals surface area (Å²) >= 11 is 0. The van der Waals surface area contributed by atoms with Crippen molar-refractivity contribution in [1.82, 2.24) is 0 Å². The normalized spacial score (nSPS) is 8.36. The summed E-state index contributed by atoms with van der Waals surface area (Å²) in [5.41, 5.74) is 0. The molecule has 58 valence electrons. The summed E-state index contributed by atoms with van der Waals surface area (Å²) in [6.07, 6.45) is 0.535. The van der Waals surface area contributed by atoms with E-state index in [1.54, 1.807) is 0 Å². The van der Waals surface area contributed by atoms with Crippen LogP contribution in [0.2, 0.25) is 0 Å². The van der Waals surface area contributed by atoms with Crippen LogP contribution in [0, 0.1) is 0 Å². The van der Waals surface area contributed by atoms with E-state index in [9.17, 15) is 19.8 Å². The SMILES string of the molecule is O=C([O-])CCCCC(=O)[O-].[Hg+2]. The third kappa shape index (κ3) is 13.0. The largest absolute Gasteiger partial charge is 2.00 e. The predicted molar refractivity (Wildman–Crippen MR) is 28.5 cm³/mol. The van der Waals surface area contributed by atoms with Crippen LogP contribution in [0.25, 0.3) is 0 Å². The standard InChI is InChI=1S/C6H10O4.Hg/c7-5(8)3-1-2-4-6(9)10;/h1-4H2,(H,7,8)(H,9,10);/q;+2/p-2. The predicted octanol–water partition coefficient (Wildman–Crippen LogP) is -1.96. The van der Waals surface area contributed by atoms with Gasteiger partial charge in [-0.1, -0.05) is 0 Å². The molecule has 0 aliphatic rings. The molecule has 0 heterocycles. The van der Waals surface area contributed by atoms with Gasteiger partial charge in [0.15, 0.2) is 0 Å². The number of rotatable bonds is 5. The maximum Gasteiger partial charge on any atom is 2.00 e. The number of hydrogen-bond acceptors (Lipinski definition) is 4. The number of carboxylic acids is 2. The molecule has 0 amide bonds. The molecule has 0 aromatic rings. The summed E-state index contributed by atoms with van der Waals surface area (Å²) in [6.45, 7) is 0. The molecule has 0 aromatic carbocycles. The quantitative estimate of drug-likeness (QED) is 0.429. The Kier molecular flexibility index (Phi) is 9.76. The smallest absolute Gasteiger partial charge is 0.550 e. The molecule has 0 aromatic heterocycles. The second-order valence-corrected chi connectivity index (χ2v) is 1.95. The molecule has 0 fully saturated rings. The van der Waals surface area contributed by atoms with Gasteiger partial charge in [0, 0.05) is 11.9 Å². The Hall–Kier alpha value is -0.125. The Balaban J connectivity index is 0. The van der Waals surface area contributed by atoms with Crippen LogP contribution < -0.4 is 10.2 Å². The van der Waals surface area contributed by atoms with E-state index in [4.69, 9.17) is 0 Å². The van der Waals surface area contributed by atoms with E-state index in [1.807, 2.05) is 0 Å². The molecule has 0 saturated heterocycles. The molecule has 0 radical (unpaired) electrons. The van der Waals surface area contributed by atoms with Gasteiger partial charge in [-0.05, 0) is 25.7 Å². The first kappa shape index (κ1) is 13.5. The Morgan fingerprint density at radius 1 is 0.909 bits per heavy atom. The number of carbonyl (C=O) groups is 2. The Morgan fingerprint density at radius 3 is 1.36 bits per heavy atom. The number of unbranched alkanes of at least 4 members (excludes halogenated alkanes) is 1. The molecule has 4 nitrogen and oxygen atoms in total. The van der Waals surface area contributed by atoms with Crippen molar-refractivity contribution in [3.8, 4) is 0 Å². The van der Waals surface area contributed by atoms with Crippen molar-refractivity contribution < 1.29 is 47.5 Å². The third-order valence-corrected chi connectivity index (χ3v) is 1.01. The molecular formula is C6H8HgO4. The fraction of sp³-hybridized carbons (Fsp3) is 0.667. The molecule has 0 N–H and O–H groups in total. The van der Waals surface area contributed by atoms with Crippen molar-refractivity contribution in [3.63, 3.8) is 0 Å². The van der Waals surface area contributed by atoms with E-state index >= 15 is 0 Å². The fourth-order valence-corrected chi connectivity index (χ4v) is 0.539. The summed E-state index contributed by atoms with van der Waals surface area (Å²) in [4.78, 5) is 19.5. The molecular weight excluding hydrogens is 337 g/mol. The van der Waals surface area contributed by atoms with E-state index in [1.165, 1.54) is 0 Å². The van der Waals surface area contributed by atoms with Crippen molar-refractivity contribution >= 4 is 11.9 Å². The zero-order valence-corrected chi connectivity index (χ0v) is 11.7. The molecule has 0 aliphatic carbocycles. The van der Waals surface area contributed by atoms with Gasteiger partial charge in [-0.3, -0.25) is 0 Å². The Morgan fingerprint density at radius 2 is 1.18 bits per heavy atom. The van der Waals surface area contributed by atoms with Crippen LogP contribution in [-0.2, 0) is 37.3 Å². The number of hydrogen-bond donors (Lipinski definition) is 0. The van der Waals surface area contributed by atoms with Crippen LogP contribution in [0.3, 0.4) is 0 Å². The van der Waals surface area contributed by atoms with Gasteiger partial charge >= 0.3 is 27.7 Å². The van der Waals surface area contributed by atoms with Gasteiger partial charge in [0.25, 0.3) is 0 Å². The van der Waals surface area contributed by atoms with Crippen molar-refractivity contribution in [3.05, 3.63) is 0 Å². The average Bonchev–Trinajstić information content (AvgIpc) is 1.79. The summed E-state index contributed by atoms with van der Waals surface area (Å²) < 4.78 is 0. The van der Waals surface area contributed by atoms with E-state index in [0.717, 1.165) is 0 Å².